The van der Waals surface area contributed by atoms with Crippen molar-refractivity contribution in [3.05, 3.63) is 35.4 Å². The molecule has 2 heterocycles. The fraction of sp³-hybridized carbons (Fsp3) is 0.714. The van der Waals surface area contributed by atoms with E-state index in [0.717, 1.165) is 38.8 Å². The molecule has 4 unspecified atom stereocenters. The highest BCUT2D eigenvalue weighted by atomic mass is 16.5. The second-order valence-corrected chi connectivity index (χ2v) is 8.08. The number of benzene rings is 1. The summed E-state index contributed by atoms with van der Waals surface area (Å²) in [6, 6.07) is 10.7. The largest absolute Gasteiger partial charge is 0.379 e. The van der Waals surface area contributed by atoms with E-state index in [9.17, 15) is 0 Å². The second kappa shape index (κ2) is 8.17. The van der Waals surface area contributed by atoms with Gasteiger partial charge in [0, 0.05) is 44.3 Å². The first-order valence-electron chi connectivity index (χ1n) is 10.2. The molecule has 1 aliphatic carbocycles. The number of hydrogen-bond acceptors (Lipinski definition) is 4. The van der Waals surface area contributed by atoms with E-state index in [1.807, 2.05) is 0 Å². The fourth-order valence-electron chi connectivity index (χ4n) is 4.93. The Labute approximate surface area is 152 Å². The van der Waals surface area contributed by atoms with E-state index in [4.69, 9.17) is 4.74 Å². The Bertz CT molecular complexity index is 558. The lowest BCUT2D eigenvalue weighted by atomic mass is 9.93. The second-order valence-electron chi connectivity index (χ2n) is 8.08. The number of hydrogen-bond donors (Lipinski definition) is 2. The van der Waals surface area contributed by atoms with Gasteiger partial charge in [0.25, 0.3) is 0 Å². The molecular weight excluding hydrogens is 310 g/mol. The quantitative estimate of drug-likeness (QED) is 0.859. The molecule has 25 heavy (non-hydrogen) atoms. The van der Waals surface area contributed by atoms with Gasteiger partial charge in [0.15, 0.2) is 0 Å². The summed E-state index contributed by atoms with van der Waals surface area (Å²) < 4.78 is 5.70. The zero-order chi connectivity index (χ0) is 17.1. The van der Waals surface area contributed by atoms with Gasteiger partial charge in [0.2, 0.25) is 0 Å². The summed E-state index contributed by atoms with van der Waals surface area (Å²) in [5.74, 6) is 0.731. The summed E-state index contributed by atoms with van der Waals surface area (Å²) >= 11 is 0. The molecule has 1 aromatic rings. The van der Waals surface area contributed by atoms with Crippen molar-refractivity contribution in [2.45, 2.75) is 57.3 Å². The zero-order valence-electron chi connectivity index (χ0n) is 15.5. The van der Waals surface area contributed by atoms with Crippen LogP contribution in [0.1, 0.15) is 37.3 Å². The van der Waals surface area contributed by atoms with E-state index in [1.54, 1.807) is 0 Å². The lowest BCUT2D eigenvalue weighted by Crippen LogP contribution is -2.52. The molecule has 4 atom stereocenters. The lowest BCUT2D eigenvalue weighted by molar-refractivity contribution is 0.0518. The standard InChI is InChI=1S/C21H33N3O/c1-16(24-11-9-17-5-2-3-6-18(17)14-24)13-23-20-8-4-7-19(20)21-15-25-12-10-22-21/h2-3,5-6,16,19-23H,4,7-15H2,1H3. The Kier molecular flexibility index (Phi) is 5.71. The highest BCUT2D eigenvalue weighted by Gasteiger charge is 2.34. The van der Waals surface area contributed by atoms with Crippen LogP contribution < -0.4 is 10.6 Å². The van der Waals surface area contributed by atoms with E-state index in [1.165, 1.54) is 43.4 Å². The molecule has 2 aliphatic heterocycles. The number of fused-ring (bicyclic) bond motifs is 1. The Hall–Kier alpha value is -0.940. The van der Waals surface area contributed by atoms with E-state index < -0.39 is 0 Å². The monoisotopic (exact) mass is 343 g/mol. The van der Waals surface area contributed by atoms with Gasteiger partial charge in [-0.15, -0.1) is 0 Å². The number of ether oxygens (including phenoxy) is 1. The molecule has 138 valence electrons. The zero-order valence-corrected chi connectivity index (χ0v) is 15.5. The van der Waals surface area contributed by atoms with Crippen molar-refractivity contribution in [3.63, 3.8) is 0 Å². The minimum Gasteiger partial charge on any atom is -0.379 e. The molecule has 0 spiro atoms. The molecule has 0 bridgehead atoms. The summed E-state index contributed by atoms with van der Waals surface area (Å²) in [5, 5.41) is 7.59. The van der Waals surface area contributed by atoms with Crippen molar-refractivity contribution in [1.82, 2.24) is 15.5 Å². The summed E-state index contributed by atoms with van der Waals surface area (Å²) in [4.78, 5) is 2.64. The molecular formula is C21H33N3O. The van der Waals surface area contributed by atoms with Crippen molar-refractivity contribution < 1.29 is 4.74 Å². The summed E-state index contributed by atoms with van der Waals surface area (Å²) in [5.41, 5.74) is 3.06. The van der Waals surface area contributed by atoms with Crippen molar-refractivity contribution in [2.75, 3.05) is 32.8 Å². The molecule has 1 aromatic carbocycles. The van der Waals surface area contributed by atoms with Gasteiger partial charge in [-0.2, -0.15) is 0 Å². The first-order valence-corrected chi connectivity index (χ1v) is 10.2. The normalized spacial score (nSPS) is 31.6. The first kappa shape index (κ1) is 17.5. The highest BCUT2D eigenvalue weighted by molar-refractivity contribution is 5.29. The number of morpholine rings is 1. The average Bonchev–Trinajstić information content (AvgIpc) is 3.15. The Morgan fingerprint density at radius 2 is 2.16 bits per heavy atom. The van der Waals surface area contributed by atoms with Crippen LogP contribution in [0.2, 0.25) is 0 Å². The molecule has 3 aliphatic rings. The minimum atomic E-state index is 0.547. The third-order valence-corrected chi connectivity index (χ3v) is 6.50. The van der Waals surface area contributed by atoms with Crippen molar-refractivity contribution >= 4 is 0 Å². The average molecular weight is 344 g/mol. The van der Waals surface area contributed by atoms with Crippen molar-refractivity contribution in [2.24, 2.45) is 5.92 Å². The van der Waals surface area contributed by atoms with Gasteiger partial charge >= 0.3 is 0 Å². The maximum Gasteiger partial charge on any atom is 0.0623 e. The van der Waals surface area contributed by atoms with Crippen LogP contribution in [-0.2, 0) is 17.7 Å². The third kappa shape index (κ3) is 4.08. The highest BCUT2D eigenvalue weighted by Crippen LogP contribution is 2.29. The van der Waals surface area contributed by atoms with Gasteiger partial charge < -0.3 is 15.4 Å². The number of rotatable bonds is 5. The van der Waals surface area contributed by atoms with Gasteiger partial charge in [-0.1, -0.05) is 30.7 Å². The molecule has 1 saturated carbocycles. The van der Waals surface area contributed by atoms with Crippen LogP contribution in [-0.4, -0.2) is 55.9 Å². The van der Waals surface area contributed by atoms with Crippen molar-refractivity contribution in [1.29, 1.82) is 0 Å². The first-order chi connectivity index (χ1) is 12.3. The molecule has 4 nitrogen and oxygen atoms in total. The van der Waals surface area contributed by atoms with E-state index in [0.29, 0.717) is 18.1 Å². The molecule has 2 N–H and O–H groups in total. The molecule has 4 rings (SSSR count). The van der Waals surface area contributed by atoms with Crippen LogP contribution in [0.15, 0.2) is 24.3 Å². The SMILES string of the molecule is CC(CNC1CCCC1C1COCCN1)N1CCc2ccccc2C1. The summed E-state index contributed by atoms with van der Waals surface area (Å²) in [7, 11) is 0. The maximum absolute atomic E-state index is 5.70. The number of nitrogens with one attached hydrogen (secondary N) is 2. The van der Waals surface area contributed by atoms with Crippen LogP contribution in [0.25, 0.3) is 0 Å². The predicted octanol–water partition coefficient (Wildman–Crippen LogP) is 2.18. The van der Waals surface area contributed by atoms with E-state index in [-0.39, 0.29) is 0 Å². The van der Waals surface area contributed by atoms with Crippen LogP contribution >= 0.6 is 0 Å². The molecule has 0 aromatic heterocycles. The maximum atomic E-state index is 5.70. The minimum absolute atomic E-state index is 0.547. The van der Waals surface area contributed by atoms with Gasteiger partial charge in [0.05, 0.1) is 13.2 Å². The third-order valence-electron chi connectivity index (χ3n) is 6.50. The van der Waals surface area contributed by atoms with Gasteiger partial charge in [-0.3, -0.25) is 4.90 Å². The van der Waals surface area contributed by atoms with E-state index in [2.05, 4.69) is 46.7 Å². The Morgan fingerprint density at radius 1 is 1.28 bits per heavy atom. The topological polar surface area (TPSA) is 36.5 Å². The van der Waals surface area contributed by atoms with Crippen molar-refractivity contribution in [3.8, 4) is 0 Å². The number of nitrogens with zero attached hydrogens (tertiary/aromatic N) is 1. The smallest absolute Gasteiger partial charge is 0.0623 e. The lowest BCUT2D eigenvalue weighted by Gasteiger charge is -2.36. The fourth-order valence-corrected chi connectivity index (χ4v) is 4.93. The van der Waals surface area contributed by atoms with Crippen LogP contribution in [0.3, 0.4) is 0 Å². The molecule has 4 heteroatoms. The van der Waals surface area contributed by atoms with Gasteiger partial charge in [-0.25, -0.2) is 0 Å². The van der Waals surface area contributed by atoms with Gasteiger partial charge in [-0.05, 0) is 43.2 Å². The van der Waals surface area contributed by atoms with Crippen LogP contribution in [0, 0.1) is 5.92 Å². The Balaban J connectivity index is 1.29. The summed E-state index contributed by atoms with van der Waals surface area (Å²) in [6.45, 7) is 8.54. The van der Waals surface area contributed by atoms with Crippen LogP contribution in [0.4, 0.5) is 0 Å². The molecule has 0 amide bonds. The molecule has 0 radical (unpaired) electrons. The predicted molar refractivity (Wildman–Crippen MR) is 102 cm³/mol. The van der Waals surface area contributed by atoms with Crippen LogP contribution in [0.5, 0.6) is 0 Å². The van der Waals surface area contributed by atoms with E-state index >= 15 is 0 Å². The van der Waals surface area contributed by atoms with Gasteiger partial charge in [0.1, 0.15) is 0 Å². The Morgan fingerprint density at radius 3 is 3.00 bits per heavy atom. The summed E-state index contributed by atoms with van der Waals surface area (Å²) in [6.07, 6.45) is 5.20. The molecule has 1 saturated heterocycles. The molecule has 2 fully saturated rings.